The molecular weight excluding hydrogens is 250 g/mol. The highest BCUT2D eigenvalue weighted by Gasteiger charge is 2.09. The maximum atomic E-state index is 10.5. The highest BCUT2D eigenvalue weighted by molar-refractivity contribution is 5.74. The SMILES string of the molecule is COc1nc(OC)nc(Oc2ccc(C=O)cc2)n1. The van der Waals surface area contributed by atoms with Crippen molar-refractivity contribution in [3.8, 4) is 23.8 Å². The summed E-state index contributed by atoms with van der Waals surface area (Å²) in [5, 5.41) is 0. The molecule has 2 aromatic rings. The first kappa shape index (κ1) is 12.7. The van der Waals surface area contributed by atoms with Crippen LogP contribution in [0.1, 0.15) is 10.4 Å². The average Bonchev–Trinajstić information content (AvgIpc) is 2.47. The van der Waals surface area contributed by atoms with Gasteiger partial charge in [-0.2, -0.15) is 0 Å². The molecule has 0 bridgehead atoms. The predicted octanol–water partition coefficient (Wildman–Crippen LogP) is 1.49. The summed E-state index contributed by atoms with van der Waals surface area (Å²) in [4.78, 5) is 22.2. The Labute approximate surface area is 109 Å². The fourth-order valence-electron chi connectivity index (χ4n) is 1.27. The van der Waals surface area contributed by atoms with E-state index < -0.39 is 0 Å². The molecule has 98 valence electrons. The van der Waals surface area contributed by atoms with Crippen LogP contribution in [0.4, 0.5) is 0 Å². The third-order valence-electron chi connectivity index (χ3n) is 2.16. The van der Waals surface area contributed by atoms with Gasteiger partial charge in [-0.1, -0.05) is 0 Å². The normalized spacial score (nSPS) is 9.79. The smallest absolute Gasteiger partial charge is 0.331 e. The molecule has 0 aliphatic carbocycles. The van der Waals surface area contributed by atoms with Crippen molar-refractivity contribution in [1.82, 2.24) is 15.0 Å². The molecule has 0 aliphatic heterocycles. The zero-order valence-corrected chi connectivity index (χ0v) is 10.4. The number of hydrogen-bond donors (Lipinski definition) is 0. The van der Waals surface area contributed by atoms with Gasteiger partial charge in [0.2, 0.25) is 0 Å². The quantitative estimate of drug-likeness (QED) is 0.754. The maximum absolute atomic E-state index is 10.5. The molecule has 19 heavy (non-hydrogen) atoms. The summed E-state index contributed by atoms with van der Waals surface area (Å²) >= 11 is 0. The molecule has 0 saturated heterocycles. The molecule has 0 spiro atoms. The number of rotatable bonds is 5. The molecule has 7 nitrogen and oxygen atoms in total. The Morgan fingerprint density at radius 3 is 1.89 bits per heavy atom. The third-order valence-corrected chi connectivity index (χ3v) is 2.16. The van der Waals surface area contributed by atoms with Gasteiger partial charge in [-0.05, 0) is 24.3 Å². The number of methoxy groups -OCH3 is 2. The van der Waals surface area contributed by atoms with Crippen LogP contribution in [-0.4, -0.2) is 35.5 Å². The molecule has 1 aromatic heterocycles. The van der Waals surface area contributed by atoms with Gasteiger partial charge in [-0.3, -0.25) is 4.79 Å². The monoisotopic (exact) mass is 261 g/mol. The molecule has 0 aliphatic rings. The standard InChI is InChI=1S/C12H11N3O4/c1-17-10-13-11(18-2)15-12(14-10)19-9-5-3-8(7-16)4-6-9/h3-7H,1-2H3. The molecule has 7 heteroatoms. The minimum atomic E-state index is 0.0440. The van der Waals surface area contributed by atoms with Crippen LogP contribution in [0.15, 0.2) is 24.3 Å². The van der Waals surface area contributed by atoms with Crippen molar-refractivity contribution in [2.45, 2.75) is 0 Å². The van der Waals surface area contributed by atoms with Crippen molar-refractivity contribution in [1.29, 1.82) is 0 Å². The summed E-state index contributed by atoms with van der Waals surface area (Å²) in [6.45, 7) is 0. The van der Waals surface area contributed by atoms with Gasteiger partial charge in [-0.15, -0.1) is 15.0 Å². The lowest BCUT2D eigenvalue weighted by atomic mass is 10.2. The minimum Gasteiger partial charge on any atom is -0.467 e. The lowest BCUT2D eigenvalue weighted by molar-refractivity contribution is 0.112. The predicted molar refractivity (Wildman–Crippen MR) is 64.8 cm³/mol. The number of aromatic nitrogens is 3. The van der Waals surface area contributed by atoms with E-state index in [4.69, 9.17) is 14.2 Å². The fourth-order valence-corrected chi connectivity index (χ4v) is 1.27. The molecular formula is C12H11N3O4. The Balaban J connectivity index is 2.23. The molecule has 0 unspecified atom stereocenters. The highest BCUT2D eigenvalue weighted by atomic mass is 16.5. The van der Waals surface area contributed by atoms with Crippen molar-refractivity contribution in [3.05, 3.63) is 29.8 Å². The van der Waals surface area contributed by atoms with E-state index in [0.29, 0.717) is 11.3 Å². The maximum Gasteiger partial charge on any atom is 0.331 e. The minimum absolute atomic E-state index is 0.0440. The van der Waals surface area contributed by atoms with Crippen molar-refractivity contribution >= 4 is 6.29 Å². The van der Waals surface area contributed by atoms with Crippen LogP contribution in [0.3, 0.4) is 0 Å². The van der Waals surface area contributed by atoms with Gasteiger partial charge in [0.15, 0.2) is 0 Å². The summed E-state index contributed by atoms with van der Waals surface area (Å²) in [7, 11) is 2.86. The van der Waals surface area contributed by atoms with Gasteiger partial charge in [0.25, 0.3) is 0 Å². The first-order valence-electron chi connectivity index (χ1n) is 5.32. The highest BCUT2D eigenvalue weighted by Crippen LogP contribution is 2.21. The molecule has 0 amide bonds. The zero-order valence-electron chi connectivity index (χ0n) is 10.4. The van der Waals surface area contributed by atoms with Crippen LogP contribution >= 0.6 is 0 Å². The summed E-state index contributed by atoms with van der Waals surface area (Å²) in [5.41, 5.74) is 0.554. The van der Waals surface area contributed by atoms with Crippen molar-refractivity contribution in [2.24, 2.45) is 0 Å². The summed E-state index contributed by atoms with van der Waals surface area (Å²) in [5.74, 6) is 0.487. The Morgan fingerprint density at radius 2 is 1.42 bits per heavy atom. The lowest BCUT2D eigenvalue weighted by Crippen LogP contribution is -2.01. The molecule has 2 rings (SSSR count). The van der Waals surface area contributed by atoms with Gasteiger partial charge in [0.1, 0.15) is 12.0 Å². The second kappa shape index (κ2) is 5.76. The molecule has 0 fully saturated rings. The van der Waals surface area contributed by atoms with Crippen LogP contribution in [0.25, 0.3) is 0 Å². The molecule has 1 aromatic carbocycles. The van der Waals surface area contributed by atoms with E-state index in [1.165, 1.54) is 14.2 Å². The number of benzene rings is 1. The molecule has 0 N–H and O–H groups in total. The number of carbonyl (C=O) groups excluding carboxylic acids is 1. The van der Waals surface area contributed by atoms with E-state index in [9.17, 15) is 4.79 Å². The molecule has 0 atom stereocenters. The number of hydrogen-bond acceptors (Lipinski definition) is 7. The summed E-state index contributed by atoms with van der Waals surface area (Å²) in [6.07, 6.45) is 0.749. The molecule has 0 saturated carbocycles. The van der Waals surface area contributed by atoms with Crippen LogP contribution in [-0.2, 0) is 0 Å². The fraction of sp³-hybridized carbons (Fsp3) is 0.167. The second-order valence-electron chi connectivity index (χ2n) is 3.38. The number of aldehydes is 1. The van der Waals surface area contributed by atoms with E-state index in [2.05, 4.69) is 15.0 Å². The lowest BCUT2D eigenvalue weighted by Gasteiger charge is -2.06. The van der Waals surface area contributed by atoms with E-state index in [0.717, 1.165) is 6.29 Å². The van der Waals surface area contributed by atoms with Crippen molar-refractivity contribution in [2.75, 3.05) is 14.2 Å². The Kier molecular flexibility index (Phi) is 3.87. The van der Waals surface area contributed by atoms with Gasteiger partial charge in [0, 0.05) is 5.56 Å². The van der Waals surface area contributed by atoms with Crippen molar-refractivity contribution in [3.63, 3.8) is 0 Å². The van der Waals surface area contributed by atoms with Gasteiger partial charge in [0.05, 0.1) is 14.2 Å². The van der Waals surface area contributed by atoms with Crippen LogP contribution < -0.4 is 14.2 Å². The van der Waals surface area contributed by atoms with Gasteiger partial charge < -0.3 is 14.2 Å². The zero-order chi connectivity index (χ0) is 13.7. The average molecular weight is 261 g/mol. The Hall–Kier alpha value is -2.70. The van der Waals surface area contributed by atoms with Crippen molar-refractivity contribution < 1.29 is 19.0 Å². The largest absolute Gasteiger partial charge is 0.467 e. The first-order chi connectivity index (χ1) is 9.25. The van der Waals surface area contributed by atoms with Gasteiger partial charge >= 0.3 is 18.0 Å². The van der Waals surface area contributed by atoms with Crippen LogP contribution in [0, 0.1) is 0 Å². The Morgan fingerprint density at radius 1 is 0.895 bits per heavy atom. The summed E-state index contributed by atoms with van der Waals surface area (Å²) in [6, 6.07) is 6.73. The van der Waals surface area contributed by atoms with E-state index in [1.807, 2.05) is 0 Å². The van der Waals surface area contributed by atoms with Gasteiger partial charge in [-0.25, -0.2) is 0 Å². The van der Waals surface area contributed by atoms with E-state index in [1.54, 1.807) is 24.3 Å². The topological polar surface area (TPSA) is 83.4 Å². The number of nitrogens with zero attached hydrogens (tertiary/aromatic N) is 3. The number of ether oxygens (including phenoxy) is 3. The third kappa shape index (κ3) is 3.15. The second-order valence-corrected chi connectivity index (χ2v) is 3.38. The van der Waals surface area contributed by atoms with Crippen LogP contribution in [0.2, 0.25) is 0 Å². The first-order valence-corrected chi connectivity index (χ1v) is 5.32. The Bertz CT molecular complexity index is 549. The van der Waals surface area contributed by atoms with E-state index >= 15 is 0 Å². The number of carbonyl (C=O) groups is 1. The molecule has 0 radical (unpaired) electrons. The van der Waals surface area contributed by atoms with E-state index in [-0.39, 0.29) is 18.0 Å². The summed E-state index contributed by atoms with van der Waals surface area (Å²) < 4.78 is 15.2. The molecule has 1 heterocycles. The van der Waals surface area contributed by atoms with Crippen LogP contribution in [0.5, 0.6) is 23.8 Å².